The Bertz CT molecular complexity index is 303. The van der Waals surface area contributed by atoms with E-state index in [2.05, 4.69) is 0 Å². The third kappa shape index (κ3) is 6.94. The highest BCUT2D eigenvalue weighted by molar-refractivity contribution is 5.89. The van der Waals surface area contributed by atoms with Crippen LogP contribution < -0.4 is 0 Å². The van der Waals surface area contributed by atoms with Crippen LogP contribution in [0.15, 0.2) is 30.3 Å². The predicted octanol–water partition coefficient (Wildman–Crippen LogP) is 1.93. The minimum atomic E-state index is -0.323. The summed E-state index contributed by atoms with van der Waals surface area (Å²) in [4.78, 5) is 11.4. The molecular weight excluding hydrogens is 244 g/mol. The Balaban J connectivity index is 0.00000256. The molecule has 0 aromatic heterocycles. The summed E-state index contributed by atoms with van der Waals surface area (Å²) in [5.74, 6) is -0.323. The molecule has 0 radical (unpaired) electrons. The van der Waals surface area contributed by atoms with E-state index >= 15 is 0 Å². The van der Waals surface area contributed by atoms with E-state index in [1.165, 1.54) is 0 Å². The van der Waals surface area contributed by atoms with Crippen LogP contribution in [-0.4, -0.2) is 39.5 Å². The summed E-state index contributed by atoms with van der Waals surface area (Å²) >= 11 is 0. The molecule has 0 aliphatic carbocycles. The second kappa shape index (κ2) is 10.1. The van der Waals surface area contributed by atoms with Gasteiger partial charge in [-0.25, -0.2) is 4.79 Å². The first-order valence-electron chi connectivity index (χ1n) is 5.13. The van der Waals surface area contributed by atoms with E-state index in [1.54, 1.807) is 31.4 Å². The molecule has 0 bridgehead atoms. The quantitative estimate of drug-likeness (QED) is 0.555. The second-order valence-electron chi connectivity index (χ2n) is 3.11. The summed E-state index contributed by atoms with van der Waals surface area (Å²) in [6, 6.07) is 8.88. The maximum absolute atomic E-state index is 11.4. The Hall–Kier alpha value is -1.10. The molecule has 0 saturated heterocycles. The summed E-state index contributed by atoms with van der Waals surface area (Å²) in [6.07, 6.45) is 0. The number of halogens is 1. The minimum Gasteiger partial charge on any atom is -0.460 e. The van der Waals surface area contributed by atoms with Gasteiger partial charge in [0, 0.05) is 7.11 Å². The molecule has 4 nitrogen and oxygen atoms in total. The zero-order valence-corrected chi connectivity index (χ0v) is 10.6. The van der Waals surface area contributed by atoms with Crippen LogP contribution in [0.1, 0.15) is 10.4 Å². The van der Waals surface area contributed by atoms with Gasteiger partial charge in [-0.1, -0.05) is 18.2 Å². The first-order valence-corrected chi connectivity index (χ1v) is 5.13. The van der Waals surface area contributed by atoms with Gasteiger partial charge in [0.1, 0.15) is 6.61 Å². The van der Waals surface area contributed by atoms with Crippen molar-refractivity contribution in [2.45, 2.75) is 0 Å². The molecule has 0 saturated carbocycles. The Labute approximate surface area is 107 Å². The largest absolute Gasteiger partial charge is 0.460 e. The summed E-state index contributed by atoms with van der Waals surface area (Å²) in [7, 11) is 1.61. The number of methoxy groups -OCH3 is 1. The van der Waals surface area contributed by atoms with Crippen molar-refractivity contribution in [3.8, 4) is 0 Å². The van der Waals surface area contributed by atoms with E-state index in [1.807, 2.05) is 6.07 Å². The van der Waals surface area contributed by atoms with E-state index < -0.39 is 0 Å². The molecule has 0 heterocycles. The molecule has 1 aromatic rings. The summed E-state index contributed by atoms with van der Waals surface area (Å²) in [6.45, 7) is 1.71. The molecule has 0 atom stereocenters. The molecule has 0 N–H and O–H groups in total. The third-order valence-corrected chi connectivity index (χ3v) is 1.90. The zero-order chi connectivity index (χ0) is 11.6. The highest BCUT2D eigenvalue weighted by Gasteiger charge is 2.04. The van der Waals surface area contributed by atoms with Crippen molar-refractivity contribution in [1.82, 2.24) is 0 Å². The third-order valence-electron chi connectivity index (χ3n) is 1.90. The Kier molecular flexibility index (Phi) is 9.43. The van der Waals surface area contributed by atoms with Crippen molar-refractivity contribution in [1.29, 1.82) is 0 Å². The van der Waals surface area contributed by atoms with E-state index in [4.69, 9.17) is 14.2 Å². The van der Waals surface area contributed by atoms with Crippen LogP contribution >= 0.6 is 12.4 Å². The molecule has 1 rings (SSSR count). The average Bonchev–Trinajstić information content (AvgIpc) is 2.34. The normalized spacial score (nSPS) is 9.47. The lowest BCUT2D eigenvalue weighted by atomic mass is 10.2. The standard InChI is InChI=1S/C12H16O4.ClH/c1-14-7-8-15-9-10-16-12(13)11-5-3-2-4-6-11;/h2-6H,7-10H2,1H3;1H. The maximum Gasteiger partial charge on any atom is 0.338 e. The number of hydrogen-bond acceptors (Lipinski definition) is 4. The van der Waals surface area contributed by atoms with Gasteiger partial charge in [0.05, 0.1) is 25.4 Å². The van der Waals surface area contributed by atoms with E-state index in [0.717, 1.165) is 0 Å². The van der Waals surface area contributed by atoms with Crippen LogP contribution in [0.5, 0.6) is 0 Å². The minimum absolute atomic E-state index is 0. The van der Waals surface area contributed by atoms with Gasteiger partial charge in [-0.05, 0) is 12.1 Å². The Morgan fingerprint density at radius 2 is 1.71 bits per heavy atom. The number of esters is 1. The van der Waals surface area contributed by atoms with E-state index in [0.29, 0.717) is 25.4 Å². The summed E-state index contributed by atoms with van der Waals surface area (Å²) < 4.78 is 15.0. The molecule has 17 heavy (non-hydrogen) atoms. The monoisotopic (exact) mass is 260 g/mol. The van der Waals surface area contributed by atoms with Gasteiger partial charge < -0.3 is 14.2 Å². The molecule has 0 fully saturated rings. The van der Waals surface area contributed by atoms with E-state index in [9.17, 15) is 4.79 Å². The van der Waals surface area contributed by atoms with Gasteiger partial charge in [0.25, 0.3) is 0 Å². The van der Waals surface area contributed by atoms with Crippen LogP contribution in [0, 0.1) is 0 Å². The molecular formula is C12H17ClO4. The van der Waals surface area contributed by atoms with Crippen molar-refractivity contribution in [3.63, 3.8) is 0 Å². The molecule has 0 unspecified atom stereocenters. The van der Waals surface area contributed by atoms with Crippen LogP contribution in [0.3, 0.4) is 0 Å². The predicted molar refractivity (Wildman–Crippen MR) is 66.7 cm³/mol. The molecule has 0 spiro atoms. The van der Waals surface area contributed by atoms with Gasteiger partial charge >= 0.3 is 5.97 Å². The molecule has 5 heteroatoms. The summed E-state index contributed by atoms with van der Waals surface area (Å²) in [5.41, 5.74) is 0.555. The van der Waals surface area contributed by atoms with Crippen molar-refractivity contribution in [2.24, 2.45) is 0 Å². The SMILES string of the molecule is COCCOCCOC(=O)c1ccccc1.Cl. The number of hydrogen-bond donors (Lipinski definition) is 0. The van der Waals surface area contributed by atoms with Crippen molar-refractivity contribution < 1.29 is 19.0 Å². The van der Waals surface area contributed by atoms with Crippen LogP contribution in [0.2, 0.25) is 0 Å². The van der Waals surface area contributed by atoms with Crippen LogP contribution in [-0.2, 0) is 14.2 Å². The maximum atomic E-state index is 11.4. The average molecular weight is 261 g/mol. The first kappa shape index (κ1) is 15.9. The fourth-order valence-electron chi connectivity index (χ4n) is 1.10. The Morgan fingerprint density at radius 1 is 1.06 bits per heavy atom. The van der Waals surface area contributed by atoms with Gasteiger partial charge in [-0.2, -0.15) is 0 Å². The number of rotatable bonds is 7. The fourth-order valence-corrected chi connectivity index (χ4v) is 1.10. The second-order valence-corrected chi connectivity index (χ2v) is 3.11. The fraction of sp³-hybridized carbons (Fsp3) is 0.417. The highest BCUT2D eigenvalue weighted by atomic mass is 35.5. The zero-order valence-electron chi connectivity index (χ0n) is 9.76. The van der Waals surface area contributed by atoms with Gasteiger partial charge in [-0.15, -0.1) is 12.4 Å². The van der Waals surface area contributed by atoms with Crippen molar-refractivity contribution in [3.05, 3.63) is 35.9 Å². The lowest BCUT2D eigenvalue weighted by Gasteiger charge is -2.05. The molecule has 0 aliphatic heterocycles. The lowest BCUT2D eigenvalue weighted by Crippen LogP contribution is -2.12. The van der Waals surface area contributed by atoms with Crippen molar-refractivity contribution in [2.75, 3.05) is 33.5 Å². The van der Waals surface area contributed by atoms with Gasteiger partial charge in [0.15, 0.2) is 0 Å². The topological polar surface area (TPSA) is 44.8 Å². The first-order chi connectivity index (χ1) is 7.84. The van der Waals surface area contributed by atoms with E-state index in [-0.39, 0.29) is 25.0 Å². The number of carbonyl (C=O) groups excluding carboxylic acids is 1. The number of ether oxygens (including phenoxy) is 3. The number of carbonyl (C=O) groups is 1. The summed E-state index contributed by atoms with van der Waals surface area (Å²) in [5, 5.41) is 0. The van der Waals surface area contributed by atoms with Crippen LogP contribution in [0.25, 0.3) is 0 Å². The van der Waals surface area contributed by atoms with Crippen molar-refractivity contribution >= 4 is 18.4 Å². The molecule has 96 valence electrons. The smallest absolute Gasteiger partial charge is 0.338 e. The molecule has 0 aliphatic rings. The van der Waals surface area contributed by atoms with Gasteiger partial charge in [0.2, 0.25) is 0 Å². The number of benzene rings is 1. The molecule has 1 aromatic carbocycles. The Morgan fingerprint density at radius 3 is 2.35 bits per heavy atom. The van der Waals surface area contributed by atoms with Crippen LogP contribution in [0.4, 0.5) is 0 Å². The van der Waals surface area contributed by atoms with Gasteiger partial charge in [-0.3, -0.25) is 0 Å². The molecule has 0 amide bonds. The lowest BCUT2D eigenvalue weighted by molar-refractivity contribution is 0.0214. The highest BCUT2D eigenvalue weighted by Crippen LogP contribution is 2.00.